The molecule has 0 heterocycles. The molecule has 1 amide bonds. The van der Waals surface area contributed by atoms with Gasteiger partial charge in [-0.15, -0.1) is 0 Å². The molecule has 4 aromatic rings. The second-order valence-corrected chi connectivity index (χ2v) is 9.07. The van der Waals surface area contributed by atoms with E-state index in [4.69, 9.17) is 4.18 Å². The Balaban J connectivity index is 1.35. The molecule has 0 aliphatic heterocycles. The number of benzene rings is 4. The summed E-state index contributed by atoms with van der Waals surface area (Å²) in [6.45, 7) is 1.88. The van der Waals surface area contributed by atoms with Gasteiger partial charge in [-0.2, -0.15) is 13.5 Å². The normalized spacial score (nSPS) is 11.5. The molecule has 0 aromatic heterocycles. The molecule has 7 heteroatoms. The van der Waals surface area contributed by atoms with E-state index in [2.05, 4.69) is 10.5 Å². The lowest BCUT2D eigenvalue weighted by Gasteiger charge is -2.07. The average Bonchev–Trinajstić information content (AvgIpc) is 2.80. The smallest absolute Gasteiger partial charge is 0.339 e. The van der Waals surface area contributed by atoms with E-state index in [9.17, 15) is 13.2 Å². The fourth-order valence-electron chi connectivity index (χ4n) is 3.33. The number of amides is 1. The van der Waals surface area contributed by atoms with Gasteiger partial charge in [0.25, 0.3) is 0 Å². The highest BCUT2D eigenvalue weighted by Gasteiger charge is 2.16. The maximum Gasteiger partial charge on any atom is 0.339 e. The van der Waals surface area contributed by atoms with E-state index >= 15 is 0 Å². The lowest BCUT2D eigenvalue weighted by atomic mass is 10.0. The molecule has 0 atom stereocenters. The van der Waals surface area contributed by atoms with Crippen molar-refractivity contribution in [3.05, 3.63) is 108 Å². The molecule has 0 bridgehead atoms. The molecule has 0 saturated heterocycles. The van der Waals surface area contributed by atoms with Crippen LogP contribution in [0.5, 0.6) is 5.75 Å². The molecule has 0 fully saturated rings. The van der Waals surface area contributed by atoms with Gasteiger partial charge in [-0.3, -0.25) is 4.79 Å². The molecule has 33 heavy (non-hydrogen) atoms. The predicted molar refractivity (Wildman–Crippen MR) is 129 cm³/mol. The summed E-state index contributed by atoms with van der Waals surface area (Å²) in [6.07, 6.45) is 1.70. The van der Waals surface area contributed by atoms with Crippen molar-refractivity contribution < 1.29 is 17.4 Å². The quantitative estimate of drug-likeness (QED) is 0.249. The first kappa shape index (κ1) is 22.2. The van der Waals surface area contributed by atoms with Crippen LogP contribution in [0.15, 0.2) is 101 Å². The summed E-state index contributed by atoms with van der Waals surface area (Å²) in [6, 6.07) is 26.6. The van der Waals surface area contributed by atoms with E-state index < -0.39 is 10.1 Å². The highest BCUT2D eigenvalue weighted by Crippen LogP contribution is 2.20. The lowest BCUT2D eigenvalue weighted by molar-refractivity contribution is -0.120. The standard InChI is InChI=1S/C26H22N2O4S/c1-19-9-15-24(16-10-19)33(30,31)32-23-13-11-20(12-14-23)18-27-28-26(29)17-22-7-4-6-21-5-2-3-8-25(21)22/h2-16,18H,17H2,1H3,(H,28,29). The highest BCUT2D eigenvalue weighted by molar-refractivity contribution is 7.87. The number of hydrogen-bond donors (Lipinski definition) is 1. The van der Waals surface area contributed by atoms with Crippen LogP contribution < -0.4 is 9.61 Å². The van der Waals surface area contributed by atoms with Crippen molar-refractivity contribution in [1.82, 2.24) is 5.43 Å². The molecule has 0 spiro atoms. The summed E-state index contributed by atoms with van der Waals surface area (Å²) in [5.74, 6) is -0.0422. The minimum atomic E-state index is -3.91. The fourth-order valence-corrected chi connectivity index (χ4v) is 4.26. The second kappa shape index (κ2) is 9.67. The highest BCUT2D eigenvalue weighted by atomic mass is 32.2. The van der Waals surface area contributed by atoms with Gasteiger partial charge in [-0.1, -0.05) is 60.2 Å². The number of hydrogen-bond acceptors (Lipinski definition) is 5. The molecule has 0 saturated carbocycles. The molecular weight excluding hydrogens is 436 g/mol. The summed E-state index contributed by atoms with van der Waals surface area (Å²) < 4.78 is 29.9. The van der Waals surface area contributed by atoms with Crippen LogP contribution in [0.3, 0.4) is 0 Å². The van der Waals surface area contributed by atoms with Gasteiger partial charge >= 0.3 is 10.1 Å². The van der Waals surface area contributed by atoms with Crippen molar-refractivity contribution in [2.75, 3.05) is 0 Å². The van der Waals surface area contributed by atoms with Crippen molar-refractivity contribution in [1.29, 1.82) is 0 Å². The van der Waals surface area contributed by atoms with Crippen molar-refractivity contribution >= 4 is 33.0 Å². The van der Waals surface area contributed by atoms with Crippen LogP contribution in [-0.2, 0) is 21.3 Å². The Morgan fingerprint density at radius 3 is 2.36 bits per heavy atom. The fraction of sp³-hybridized carbons (Fsp3) is 0.0769. The molecule has 4 aromatic carbocycles. The van der Waals surface area contributed by atoms with Gasteiger partial charge in [-0.25, -0.2) is 5.43 Å². The molecule has 0 aliphatic rings. The third kappa shape index (κ3) is 5.64. The SMILES string of the molecule is Cc1ccc(S(=O)(=O)Oc2ccc(C=NNC(=O)Cc3cccc4ccccc34)cc2)cc1. The number of carbonyl (C=O) groups is 1. The molecule has 0 radical (unpaired) electrons. The number of fused-ring (bicyclic) bond motifs is 1. The van der Waals surface area contributed by atoms with Crippen LogP contribution in [-0.4, -0.2) is 20.5 Å². The molecule has 4 rings (SSSR count). The number of rotatable bonds is 7. The number of nitrogens with zero attached hydrogens (tertiary/aromatic N) is 1. The Bertz CT molecular complexity index is 1410. The van der Waals surface area contributed by atoms with E-state index in [0.717, 1.165) is 21.9 Å². The minimum Gasteiger partial charge on any atom is -0.379 e. The van der Waals surface area contributed by atoms with E-state index in [0.29, 0.717) is 5.56 Å². The number of hydrazone groups is 1. The van der Waals surface area contributed by atoms with Gasteiger partial charge in [-0.05, 0) is 65.2 Å². The maximum absolute atomic E-state index is 12.4. The zero-order chi connectivity index (χ0) is 23.3. The van der Waals surface area contributed by atoms with E-state index in [1.54, 1.807) is 24.3 Å². The predicted octanol–water partition coefficient (Wildman–Crippen LogP) is 4.61. The van der Waals surface area contributed by atoms with Crippen molar-refractivity contribution in [3.63, 3.8) is 0 Å². The maximum atomic E-state index is 12.4. The van der Waals surface area contributed by atoms with Crippen molar-refractivity contribution in [2.45, 2.75) is 18.2 Å². The van der Waals surface area contributed by atoms with Crippen molar-refractivity contribution in [3.8, 4) is 5.75 Å². The Morgan fingerprint density at radius 2 is 1.61 bits per heavy atom. The molecule has 0 aliphatic carbocycles. The van der Waals surface area contributed by atoms with Crippen LogP contribution in [0.2, 0.25) is 0 Å². The second-order valence-electron chi connectivity index (χ2n) is 7.53. The van der Waals surface area contributed by atoms with Crippen LogP contribution in [0.25, 0.3) is 10.8 Å². The van der Waals surface area contributed by atoms with Gasteiger partial charge in [0.15, 0.2) is 0 Å². The van der Waals surface area contributed by atoms with Crippen molar-refractivity contribution in [2.24, 2.45) is 5.10 Å². The lowest BCUT2D eigenvalue weighted by Crippen LogP contribution is -2.19. The first-order chi connectivity index (χ1) is 15.9. The van der Waals surface area contributed by atoms with Crippen LogP contribution in [0, 0.1) is 6.92 Å². The zero-order valence-corrected chi connectivity index (χ0v) is 18.7. The summed E-state index contributed by atoms with van der Waals surface area (Å²) in [7, 11) is -3.91. The third-order valence-electron chi connectivity index (χ3n) is 5.03. The summed E-state index contributed by atoms with van der Waals surface area (Å²) in [5, 5.41) is 6.11. The monoisotopic (exact) mass is 458 g/mol. The largest absolute Gasteiger partial charge is 0.379 e. The van der Waals surface area contributed by atoms with E-state index in [-0.39, 0.29) is 23.0 Å². The van der Waals surface area contributed by atoms with Gasteiger partial charge < -0.3 is 4.18 Å². The van der Waals surface area contributed by atoms with Crippen LogP contribution in [0.1, 0.15) is 16.7 Å². The Labute approximate surface area is 192 Å². The van der Waals surface area contributed by atoms with Gasteiger partial charge in [0.1, 0.15) is 10.6 Å². The molecule has 1 N–H and O–H groups in total. The average molecular weight is 459 g/mol. The third-order valence-corrected chi connectivity index (χ3v) is 6.29. The van der Waals surface area contributed by atoms with Crippen LogP contribution in [0.4, 0.5) is 0 Å². The Morgan fingerprint density at radius 1 is 0.909 bits per heavy atom. The first-order valence-corrected chi connectivity index (χ1v) is 11.7. The molecular formula is C26H22N2O4S. The first-order valence-electron chi connectivity index (χ1n) is 10.3. The van der Waals surface area contributed by atoms with Gasteiger partial charge in [0.2, 0.25) is 5.91 Å². The zero-order valence-electron chi connectivity index (χ0n) is 17.9. The van der Waals surface area contributed by atoms with Gasteiger partial charge in [0, 0.05) is 0 Å². The summed E-state index contributed by atoms with van der Waals surface area (Å²) >= 11 is 0. The number of aryl methyl sites for hydroxylation is 1. The van der Waals surface area contributed by atoms with Crippen LogP contribution >= 0.6 is 0 Å². The van der Waals surface area contributed by atoms with E-state index in [1.165, 1.54) is 30.5 Å². The van der Waals surface area contributed by atoms with Gasteiger partial charge in [0.05, 0.1) is 12.6 Å². The van der Waals surface area contributed by atoms with E-state index in [1.807, 2.05) is 49.4 Å². The Kier molecular flexibility index (Phi) is 6.51. The summed E-state index contributed by atoms with van der Waals surface area (Å²) in [4.78, 5) is 12.4. The Hall–Kier alpha value is -3.97. The summed E-state index contributed by atoms with van der Waals surface area (Å²) in [5.41, 5.74) is 5.10. The number of carbonyl (C=O) groups excluding carboxylic acids is 1. The minimum absolute atomic E-state index is 0.0904. The molecule has 0 unspecified atom stereocenters. The molecule has 166 valence electrons. The molecule has 6 nitrogen and oxygen atoms in total. The number of nitrogens with one attached hydrogen (secondary N) is 1. The topological polar surface area (TPSA) is 84.8 Å².